The summed E-state index contributed by atoms with van der Waals surface area (Å²) in [5.41, 5.74) is 1.70. The standard InChI is InChI=1S/C14H22N2O3/c1-11(2)6-8-19-9-7-15-13-4-5-14(16(17)18)12(3)10-13/h4-5,10-11,15H,6-9H2,1-3H3. The predicted molar refractivity (Wildman–Crippen MR) is 76.6 cm³/mol. The zero-order chi connectivity index (χ0) is 14.3. The van der Waals surface area contributed by atoms with E-state index in [2.05, 4.69) is 19.2 Å². The molecule has 5 nitrogen and oxygen atoms in total. The van der Waals surface area contributed by atoms with Crippen LogP contribution in [0.5, 0.6) is 0 Å². The van der Waals surface area contributed by atoms with E-state index >= 15 is 0 Å². The van der Waals surface area contributed by atoms with Crippen LogP contribution in [0, 0.1) is 23.0 Å². The van der Waals surface area contributed by atoms with Crippen LogP contribution in [0.25, 0.3) is 0 Å². The van der Waals surface area contributed by atoms with Crippen LogP contribution in [0.2, 0.25) is 0 Å². The van der Waals surface area contributed by atoms with Gasteiger partial charge in [0, 0.05) is 30.5 Å². The zero-order valence-electron chi connectivity index (χ0n) is 11.8. The second-order valence-electron chi connectivity index (χ2n) is 4.98. The van der Waals surface area contributed by atoms with Crippen molar-refractivity contribution in [2.45, 2.75) is 27.2 Å². The highest BCUT2D eigenvalue weighted by atomic mass is 16.6. The average Bonchev–Trinajstić information content (AvgIpc) is 2.32. The molecule has 0 atom stereocenters. The minimum atomic E-state index is -0.367. The molecule has 0 aliphatic heterocycles. The predicted octanol–water partition coefficient (Wildman–Crippen LogP) is 3.38. The van der Waals surface area contributed by atoms with Gasteiger partial charge in [-0.15, -0.1) is 0 Å². The van der Waals surface area contributed by atoms with Gasteiger partial charge in [-0.2, -0.15) is 0 Å². The summed E-state index contributed by atoms with van der Waals surface area (Å²) in [5.74, 6) is 0.658. The van der Waals surface area contributed by atoms with Crippen LogP contribution >= 0.6 is 0 Å². The van der Waals surface area contributed by atoms with Crippen molar-refractivity contribution in [2.75, 3.05) is 25.1 Å². The number of rotatable bonds is 8. The first-order valence-corrected chi connectivity index (χ1v) is 6.57. The third-order valence-corrected chi connectivity index (χ3v) is 2.81. The van der Waals surface area contributed by atoms with E-state index in [0.29, 0.717) is 24.6 Å². The fourth-order valence-corrected chi connectivity index (χ4v) is 1.66. The number of hydrogen-bond donors (Lipinski definition) is 1. The van der Waals surface area contributed by atoms with Crippen LogP contribution in [-0.4, -0.2) is 24.7 Å². The van der Waals surface area contributed by atoms with E-state index in [4.69, 9.17) is 4.74 Å². The van der Waals surface area contributed by atoms with Gasteiger partial charge in [0.2, 0.25) is 0 Å². The average molecular weight is 266 g/mol. The summed E-state index contributed by atoms with van der Waals surface area (Å²) in [6, 6.07) is 5.03. The lowest BCUT2D eigenvalue weighted by Gasteiger charge is -2.09. The molecule has 0 heterocycles. The van der Waals surface area contributed by atoms with Crippen LogP contribution in [0.1, 0.15) is 25.8 Å². The normalized spacial score (nSPS) is 10.7. The van der Waals surface area contributed by atoms with E-state index in [1.54, 1.807) is 19.1 Å². The van der Waals surface area contributed by atoms with Gasteiger partial charge < -0.3 is 10.1 Å². The Balaban J connectivity index is 2.30. The van der Waals surface area contributed by atoms with Gasteiger partial charge in [-0.25, -0.2) is 0 Å². The number of benzene rings is 1. The fraction of sp³-hybridized carbons (Fsp3) is 0.571. The molecule has 0 unspecified atom stereocenters. The maximum atomic E-state index is 10.7. The second-order valence-corrected chi connectivity index (χ2v) is 4.98. The molecular formula is C14H22N2O3. The highest BCUT2D eigenvalue weighted by Gasteiger charge is 2.09. The van der Waals surface area contributed by atoms with E-state index in [1.807, 2.05) is 0 Å². The van der Waals surface area contributed by atoms with Crippen LogP contribution < -0.4 is 5.32 Å². The van der Waals surface area contributed by atoms with Crippen LogP contribution in [0.15, 0.2) is 18.2 Å². The second kappa shape index (κ2) is 7.74. The summed E-state index contributed by atoms with van der Waals surface area (Å²) in [7, 11) is 0. The molecule has 1 rings (SSSR count). The van der Waals surface area contributed by atoms with Gasteiger partial charge >= 0.3 is 0 Å². The maximum absolute atomic E-state index is 10.7. The van der Waals surface area contributed by atoms with Gasteiger partial charge in [0.25, 0.3) is 5.69 Å². The number of anilines is 1. The summed E-state index contributed by atoms with van der Waals surface area (Å²) >= 11 is 0. The van der Waals surface area contributed by atoms with Gasteiger partial charge in [0.15, 0.2) is 0 Å². The molecule has 0 fully saturated rings. The van der Waals surface area contributed by atoms with Crippen LogP contribution in [0.3, 0.4) is 0 Å². The summed E-state index contributed by atoms with van der Waals surface area (Å²) in [6.07, 6.45) is 1.07. The first-order valence-electron chi connectivity index (χ1n) is 6.57. The van der Waals surface area contributed by atoms with Crippen molar-refractivity contribution in [2.24, 2.45) is 5.92 Å². The van der Waals surface area contributed by atoms with Gasteiger partial charge in [0.1, 0.15) is 0 Å². The number of ether oxygens (including phenoxy) is 1. The fourth-order valence-electron chi connectivity index (χ4n) is 1.66. The van der Waals surface area contributed by atoms with Crippen molar-refractivity contribution in [3.63, 3.8) is 0 Å². The molecule has 19 heavy (non-hydrogen) atoms. The molecule has 0 aliphatic carbocycles. The summed E-state index contributed by atoms with van der Waals surface area (Å²) < 4.78 is 5.49. The van der Waals surface area contributed by atoms with Crippen LogP contribution in [0.4, 0.5) is 11.4 Å². The van der Waals surface area contributed by atoms with Crippen molar-refractivity contribution in [3.05, 3.63) is 33.9 Å². The topological polar surface area (TPSA) is 64.4 Å². The lowest BCUT2D eigenvalue weighted by molar-refractivity contribution is -0.385. The lowest BCUT2D eigenvalue weighted by atomic mass is 10.1. The first kappa shape index (κ1) is 15.4. The molecule has 0 spiro atoms. The molecule has 0 saturated heterocycles. The number of nitro benzene ring substituents is 1. The van der Waals surface area contributed by atoms with Crippen LogP contribution in [-0.2, 0) is 4.74 Å². The first-order chi connectivity index (χ1) is 9.00. The van der Waals surface area contributed by atoms with Crippen molar-refractivity contribution in [1.82, 2.24) is 0 Å². The zero-order valence-corrected chi connectivity index (χ0v) is 11.8. The third kappa shape index (κ3) is 5.70. The molecule has 0 aliphatic rings. The van der Waals surface area contributed by atoms with E-state index in [0.717, 1.165) is 18.7 Å². The Labute approximate surface area is 114 Å². The highest BCUT2D eigenvalue weighted by Crippen LogP contribution is 2.21. The van der Waals surface area contributed by atoms with Crippen molar-refractivity contribution in [3.8, 4) is 0 Å². The SMILES string of the molecule is Cc1cc(NCCOCCC(C)C)ccc1[N+](=O)[O-]. The Hall–Kier alpha value is -1.62. The number of nitro groups is 1. The van der Waals surface area contributed by atoms with E-state index in [9.17, 15) is 10.1 Å². The minimum Gasteiger partial charge on any atom is -0.383 e. The van der Waals surface area contributed by atoms with Gasteiger partial charge in [-0.3, -0.25) is 10.1 Å². The number of nitrogens with zero attached hydrogens (tertiary/aromatic N) is 1. The molecule has 0 radical (unpaired) electrons. The molecule has 0 aromatic heterocycles. The molecule has 0 bridgehead atoms. The third-order valence-electron chi connectivity index (χ3n) is 2.81. The lowest BCUT2D eigenvalue weighted by Crippen LogP contribution is -2.11. The smallest absolute Gasteiger partial charge is 0.272 e. The summed E-state index contributed by atoms with van der Waals surface area (Å²) in [6.45, 7) is 8.20. The molecular weight excluding hydrogens is 244 g/mol. The molecule has 106 valence electrons. The van der Waals surface area contributed by atoms with E-state index < -0.39 is 0 Å². The van der Waals surface area contributed by atoms with Crippen molar-refractivity contribution < 1.29 is 9.66 Å². The Morgan fingerprint density at radius 3 is 2.68 bits per heavy atom. The Bertz CT molecular complexity index is 419. The minimum absolute atomic E-state index is 0.152. The highest BCUT2D eigenvalue weighted by molar-refractivity contribution is 5.53. The molecule has 0 amide bonds. The van der Waals surface area contributed by atoms with Crippen molar-refractivity contribution in [1.29, 1.82) is 0 Å². The number of hydrogen-bond acceptors (Lipinski definition) is 4. The molecule has 5 heteroatoms. The number of nitrogens with one attached hydrogen (secondary N) is 1. The summed E-state index contributed by atoms with van der Waals surface area (Å²) in [4.78, 5) is 10.3. The van der Waals surface area contributed by atoms with Gasteiger partial charge in [0.05, 0.1) is 11.5 Å². The molecule has 1 aromatic rings. The quantitative estimate of drug-likeness (QED) is 0.445. The Kier molecular flexibility index (Phi) is 6.29. The largest absolute Gasteiger partial charge is 0.383 e. The van der Waals surface area contributed by atoms with E-state index in [1.165, 1.54) is 6.07 Å². The monoisotopic (exact) mass is 266 g/mol. The van der Waals surface area contributed by atoms with Crippen molar-refractivity contribution >= 4 is 11.4 Å². The van der Waals surface area contributed by atoms with Gasteiger partial charge in [-0.1, -0.05) is 13.8 Å². The molecule has 1 N–H and O–H groups in total. The Morgan fingerprint density at radius 1 is 1.37 bits per heavy atom. The molecule has 1 aromatic carbocycles. The maximum Gasteiger partial charge on any atom is 0.272 e. The van der Waals surface area contributed by atoms with Gasteiger partial charge in [-0.05, 0) is 31.4 Å². The van der Waals surface area contributed by atoms with E-state index in [-0.39, 0.29) is 10.6 Å². The summed E-state index contributed by atoms with van der Waals surface area (Å²) in [5, 5.41) is 13.9. The Morgan fingerprint density at radius 2 is 2.11 bits per heavy atom. The number of aryl methyl sites for hydroxylation is 1. The molecule has 0 saturated carbocycles.